The van der Waals surface area contributed by atoms with E-state index in [-0.39, 0.29) is 36.0 Å². The molecule has 0 aliphatic heterocycles. The summed E-state index contributed by atoms with van der Waals surface area (Å²) in [5.41, 5.74) is 2.11. The third-order valence-electron chi connectivity index (χ3n) is 4.73. The molecule has 0 aliphatic carbocycles. The Morgan fingerprint density at radius 3 is 2.55 bits per heavy atom. The minimum Gasteiger partial charge on any atom is -0.422 e. The average Bonchev–Trinajstić information content (AvgIpc) is 2.72. The Kier molecular flexibility index (Phi) is 9.36. The van der Waals surface area contributed by atoms with Gasteiger partial charge >= 0.3 is 11.7 Å². The van der Waals surface area contributed by atoms with Crippen molar-refractivity contribution in [3.05, 3.63) is 67.1 Å². The summed E-state index contributed by atoms with van der Waals surface area (Å²) < 4.78 is 39.6. The quantitative estimate of drug-likeness (QED) is 0.258. The molecule has 1 heterocycles. The molecular formula is C21H22IN3NaO6S. The van der Waals surface area contributed by atoms with Crippen LogP contribution in [0.2, 0.25) is 0 Å². The molecule has 0 unspecified atom stereocenters. The normalized spacial score (nSPS) is 11.1. The number of hydrogen-bond donors (Lipinski definition) is 2. The van der Waals surface area contributed by atoms with Crippen LogP contribution in [0.25, 0.3) is 11.0 Å². The fraction of sp³-hybridized carbons (Fsp3) is 0.238. The first-order valence-corrected chi connectivity index (χ1v) is 12.0. The van der Waals surface area contributed by atoms with Crippen molar-refractivity contribution < 1.29 is 22.4 Å². The van der Waals surface area contributed by atoms with E-state index in [1.807, 2.05) is 6.92 Å². The summed E-state index contributed by atoms with van der Waals surface area (Å²) in [6.07, 6.45) is -0.278. The van der Waals surface area contributed by atoms with Gasteiger partial charge in [0.25, 0.3) is 10.2 Å². The molecule has 0 aliphatic rings. The van der Waals surface area contributed by atoms with Crippen molar-refractivity contribution in [3.8, 4) is 5.75 Å². The summed E-state index contributed by atoms with van der Waals surface area (Å²) in [4.78, 5) is 25.9. The van der Waals surface area contributed by atoms with Crippen molar-refractivity contribution >= 4 is 85.1 Å². The zero-order valence-corrected chi connectivity index (χ0v) is 23.8. The minimum atomic E-state index is -3.65. The Hall–Kier alpha value is -1.64. The van der Waals surface area contributed by atoms with E-state index >= 15 is 0 Å². The van der Waals surface area contributed by atoms with Gasteiger partial charge in [0.2, 0.25) is 0 Å². The second kappa shape index (κ2) is 11.2. The van der Waals surface area contributed by atoms with Crippen LogP contribution in [0, 0.1) is 10.5 Å². The maximum Gasteiger partial charge on any atom is 0.414 e. The molecule has 1 radical (unpaired) electrons. The van der Waals surface area contributed by atoms with E-state index in [4.69, 9.17) is 9.15 Å². The number of nitrogens with one attached hydrogen (secondary N) is 2. The molecule has 0 fully saturated rings. The topological polar surface area (TPSA) is 118 Å². The molecule has 1 aromatic heterocycles. The Morgan fingerprint density at radius 1 is 1.21 bits per heavy atom. The number of carbonyl (C=O) groups excluding carboxylic acids is 1. The predicted octanol–water partition coefficient (Wildman–Crippen LogP) is 2.85. The largest absolute Gasteiger partial charge is 0.422 e. The molecular weight excluding hydrogens is 572 g/mol. The number of benzene rings is 2. The molecule has 33 heavy (non-hydrogen) atoms. The summed E-state index contributed by atoms with van der Waals surface area (Å²) in [6, 6.07) is 10.1. The van der Waals surface area contributed by atoms with Gasteiger partial charge in [-0.1, -0.05) is 12.1 Å². The van der Waals surface area contributed by atoms with Gasteiger partial charge in [0.15, 0.2) is 0 Å². The number of halogens is 1. The van der Waals surface area contributed by atoms with Gasteiger partial charge in [0, 0.05) is 74.1 Å². The second-order valence-corrected chi connectivity index (χ2v) is 10.0. The summed E-state index contributed by atoms with van der Waals surface area (Å²) in [5, 5.41) is 0.723. The van der Waals surface area contributed by atoms with Gasteiger partial charge in [0.05, 0.1) is 9.26 Å². The van der Waals surface area contributed by atoms with Crippen molar-refractivity contribution in [3.63, 3.8) is 0 Å². The minimum absolute atomic E-state index is 0. The van der Waals surface area contributed by atoms with E-state index in [1.165, 1.54) is 18.0 Å². The molecule has 171 valence electrons. The molecule has 0 atom stereocenters. The van der Waals surface area contributed by atoms with Gasteiger partial charge in [-0.3, -0.25) is 4.72 Å². The van der Waals surface area contributed by atoms with Crippen molar-refractivity contribution in [1.82, 2.24) is 9.62 Å². The fourth-order valence-electron chi connectivity index (χ4n) is 3.01. The van der Waals surface area contributed by atoms with E-state index in [0.717, 1.165) is 16.5 Å². The maximum absolute atomic E-state index is 12.7. The zero-order valence-electron chi connectivity index (χ0n) is 18.9. The third-order valence-corrected chi connectivity index (χ3v) is 6.62. The van der Waals surface area contributed by atoms with E-state index in [2.05, 4.69) is 32.0 Å². The SMILES string of the molecule is CNS(=O)(=O)Nc1cccc(Cc2c(C)c3cc(I)c(OC(=O)N(C)C)cc3oc2=O)c1.[Na]. The predicted molar refractivity (Wildman–Crippen MR) is 136 cm³/mol. The number of nitrogens with zero attached hydrogens (tertiary/aromatic N) is 1. The smallest absolute Gasteiger partial charge is 0.414 e. The molecule has 9 nitrogen and oxygen atoms in total. The van der Waals surface area contributed by atoms with Gasteiger partial charge < -0.3 is 14.1 Å². The molecule has 2 N–H and O–H groups in total. The van der Waals surface area contributed by atoms with E-state index in [0.29, 0.717) is 26.2 Å². The summed E-state index contributed by atoms with van der Waals surface area (Å²) in [7, 11) is 0.809. The van der Waals surface area contributed by atoms with E-state index < -0.39 is 21.9 Å². The van der Waals surface area contributed by atoms with Gasteiger partial charge in [-0.2, -0.15) is 8.42 Å². The van der Waals surface area contributed by atoms with Crippen LogP contribution in [0.3, 0.4) is 0 Å². The first-order valence-electron chi connectivity index (χ1n) is 9.46. The number of hydrogen-bond acceptors (Lipinski definition) is 6. The van der Waals surface area contributed by atoms with Crippen LogP contribution in [0.15, 0.2) is 45.6 Å². The molecule has 3 aromatic rings. The van der Waals surface area contributed by atoms with E-state index in [1.54, 1.807) is 44.4 Å². The van der Waals surface area contributed by atoms with Crippen LogP contribution < -0.4 is 19.8 Å². The Bertz CT molecular complexity index is 1360. The van der Waals surface area contributed by atoms with Crippen molar-refractivity contribution in [2.75, 3.05) is 25.9 Å². The van der Waals surface area contributed by atoms with Crippen LogP contribution in [0.1, 0.15) is 16.7 Å². The molecule has 2 aromatic carbocycles. The first-order chi connectivity index (χ1) is 15.0. The molecule has 12 heteroatoms. The number of fused-ring (bicyclic) bond motifs is 1. The monoisotopic (exact) mass is 594 g/mol. The summed E-state index contributed by atoms with van der Waals surface area (Å²) >= 11 is 2.06. The van der Waals surface area contributed by atoms with Crippen LogP contribution in [0.5, 0.6) is 5.75 Å². The number of carbonyl (C=O) groups is 1. The average molecular weight is 594 g/mol. The number of rotatable bonds is 6. The van der Waals surface area contributed by atoms with Gasteiger partial charge in [-0.05, 0) is 58.8 Å². The van der Waals surface area contributed by atoms with Crippen LogP contribution in [-0.4, -0.2) is 70.1 Å². The fourth-order valence-corrected chi connectivity index (χ4v) is 4.13. The zero-order chi connectivity index (χ0) is 23.6. The van der Waals surface area contributed by atoms with Crippen molar-refractivity contribution in [1.29, 1.82) is 0 Å². The number of anilines is 1. The first kappa shape index (κ1) is 27.6. The standard InChI is InChI=1S/C21H22IN3O6S.Na/c1-12-15-10-17(22)19(31-21(27)25(3)4)11-18(15)30-20(26)16(12)9-13-6-5-7-14(8-13)24-32(28,29)23-2;/h5-8,10-11,23-24H,9H2,1-4H3;. The van der Waals surface area contributed by atoms with Gasteiger partial charge in [0.1, 0.15) is 11.3 Å². The second-order valence-electron chi connectivity index (χ2n) is 7.22. The molecule has 0 saturated carbocycles. The van der Waals surface area contributed by atoms with Crippen molar-refractivity contribution in [2.45, 2.75) is 13.3 Å². The van der Waals surface area contributed by atoms with Crippen molar-refractivity contribution in [2.24, 2.45) is 0 Å². The molecule has 0 bridgehead atoms. The number of aryl methyl sites for hydroxylation is 1. The molecule has 1 amide bonds. The molecule has 0 saturated heterocycles. The number of amides is 1. The van der Waals surface area contributed by atoms with Gasteiger partial charge in [-0.15, -0.1) is 0 Å². The van der Waals surface area contributed by atoms with Crippen LogP contribution >= 0.6 is 22.6 Å². The summed E-state index contributed by atoms with van der Waals surface area (Å²) in [6.45, 7) is 1.82. The maximum atomic E-state index is 12.7. The summed E-state index contributed by atoms with van der Waals surface area (Å²) in [5.74, 6) is 0.302. The van der Waals surface area contributed by atoms with Gasteiger partial charge in [-0.25, -0.2) is 14.3 Å². The number of ether oxygens (including phenoxy) is 1. The van der Waals surface area contributed by atoms with E-state index in [9.17, 15) is 18.0 Å². The van der Waals surface area contributed by atoms with Crippen LogP contribution in [-0.2, 0) is 16.6 Å². The third kappa shape index (κ3) is 6.70. The molecule has 0 spiro atoms. The Labute approximate surface area is 227 Å². The molecule has 3 rings (SSSR count). The Morgan fingerprint density at radius 2 is 1.91 bits per heavy atom. The van der Waals surface area contributed by atoms with Crippen LogP contribution in [0.4, 0.5) is 10.5 Å². The Balaban J connectivity index is 0.00000385.